The summed E-state index contributed by atoms with van der Waals surface area (Å²) >= 11 is 10.8. The third kappa shape index (κ3) is 3.64. The summed E-state index contributed by atoms with van der Waals surface area (Å²) < 4.78 is 17.1. The number of nitrogens with zero attached hydrogens (tertiary/aromatic N) is 1. The van der Waals surface area contributed by atoms with E-state index in [4.69, 9.17) is 23.2 Å². The van der Waals surface area contributed by atoms with Gasteiger partial charge in [0.1, 0.15) is 5.15 Å². The van der Waals surface area contributed by atoms with Gasteiger partial charge in [-0.2, -0.15) is 0 Å². The van der Waals surface area contributed by atoms with Crippen molar-refractivity contribution >= 4 is 29.2 Å². The Hall–Kier alpha value is -0.870. The second-order valence-corrected chi connectivity index (χ2v) is 2.81. The molecule has 1 aromatic rings. The molecule has 1 heterocycles. The molecule has 0 bridgehead atoms. The average Bonchev–Trinajstić information content (AvgIpc) is 2.25. The lowest BCUT2D eigenvalue weighted by molar-refractivity contribution is 0.0600. The van der Waals surface area contributed by atoms with Crippen LogP contribution in [0, 0.1) is 5.82 Å². The minimum absolute atomic E-state index is 0.147. The Labute approximate surface area is 97.2 Å². The average molecular weight is 254 g/mol. The Balaban J connectivity index is 0.000000921. The molecule has 0 unspecified atom stereocenters. The number of halogens is 3. The van der Waals surface area contributed by atoms with Gasteiger partial charge in [-0.3, -0.25) is 0 Å². The van der Waals surface area contributed by atoms with Gasteiger partial charge in [0.15, 0.2) is 11.0 Å². The van der Waals surface area contributed by atoms with Crippen LogP contribution in [0.2, 0.25) is 10.3 Å². The third-order valence-corrected chi connectivity index (χ3v) is 1.85. The van der Waals surface area contributed by atoms with Gasteiger partial charge >= 0.3 is 5.97 Å². The zero-order valence-electron chi connectivity index (χ0n) is 8.47. The number of ether oxygens (including phenoxy) is 1. The number of carbonyl (C=O) groups is 1. The van der Waals surface area contributed by atoms with Crippen LogP contribution in [-0.2, 0) is 4.74 Å². The molecule has 0 aromatic carbocycles. The van der Waals surface area contributed by atoms with Gasteiger partial charge < -0.3 is 4.74 Å². The highest BCUT2D eigenvalue weighted by Gasteiger charge is 2.15. The summed E-state index contributed by atoms with van der Waals surface area (Å²) in [4.78, 5) is 14.3. The number of hydrogen-bond acceptors (Lipinski definition) is 3. The Kier molecular flexibility index (Phi) is 6.20. The Morgan fingerprint density at radius 3 is 2.40 bits per heavy atom. The van der Waals surface area contributed by atoms with Gasteiger partial charge in [0, 0.05) is 0 Å². The molecule has 0 amide bonds. The first-order chi connectivity index (χ1) is 7.06. The lowest BCUT2D eigenvalue weighted by atomic mass is 10.3. The van der Waals surface area contributed by atoms with Crippen LogP contribution in [-0.4, -0.2) is 18.1 Å². The first kappa shape index (κ1) is 14.1. The van der Waals surface area contributed by atoms with Crippen molar-refractivity contribution < 1.29 is 13.9 Å². The molecule has 0 aliphatic heterocycles. The number of esters is 1. The third-order valence-electron chi connectivity index (χ3n) is 1.29. The van der Waals surface area contributed by atoms with E-state index in [1.807, 2.05) is 13.8 Å². The standard InChI is InChI=1S/C7H4Cl2FNO2.C2H6/c1-13-7(12)3-2-4(10)6(9)11-5(3)8;1-2/h2H,1H3;1-2H3. The van der Waals surface area contributed by atoms with Crippen LogP contribution in [0.3, 0.4) is 0 Å². The van der Waals surface area contributed by atoms with Gasteiger partial charge in [-0.05, 0) is 6.07 Å². The van der Waals surface area contributed by atoms with Gasteiger partial charge in [0.25, 0.3) is 0 Å². The molecule has 0 atom stereocenters. The Morgan fingerprint density at radius 2 is 1.93 bits per heavy atom. The molecule has 6 heteroatoms. The molecule has 0 radical (unpaired) electrons. The molecular formula is C9H10Cl2FNO2. The van der Waals surface area contributed by atoms with E-state index in [2.05, 4.69) is 9.72 Å². The lowest BCUT2D eigenvalue weighted by Gasteiger charge is -2.01. The van der Waals surface area contributed by atoms with Crippen LogP contribution in [0.5, 0.6) is 0 Å². The molecule has 0 spiro atoms. The van der Waals surface area contributed by atoms with E-state index in [0.29, 0.717) is 0 Å². The number of pyridine rings is 1. The largest absolute Gasteiger partial charge is 0.465 e. The molecule has 0 aliphatic rings. The minimum atomic E-state index is -0.813. The lowest BCUT2D eigenvalue weighted by Crippen LogP contribution is -2.04. The highest BCUT2D eigenvalue weighted by Crippen LogP contribution is 2.20. The molecule has 15 heavy (non-hydrogen) atoms. The van der Waals surface area contributed by atoms with Crippen molar-refractivity contribution in [1.29, 1.82) is 0 Å². The first-order valence-electron chi connectivity index (χ1n) is 4.16. The maximum Gasteiger partial charge on any atom is 0.341 e. The van der Waals surface area contributed by atoms with Gasteiger partial charge in [-0.25, -0.2) is 14.2 Å². The smallest absolute Gasteiger partial charge is 0.341 e. The fourth-order valence-electron chi connectivity index (χ4n) is 0.699. The fraction of sp³-hybridized carbons (Fsp3) is 0.333. The van der Waals surface area contributed by atoms with Gasteiger partial charge in [-0.15, -0.1) is 0 Å². The minimum Gasteiger partial charge on any atom is -0.465 e. The SMILES string of the molecule is CC.COC(=O)c1cc(F)c(Cl)nc1Cl. The summed E-state index contributed by atoms with van der Waals surface area (Å²) in [5.74, 6) is -1.57. The maximum absolute atomic E-state index is 12.8. The molecule has 1 rings (SSSR count). The van der Waals surface area contributed by atoms with E-state index < -0.39 is 11.8 Å². The summed E-state index contributed by atoms with van der Waals surface area (Å²) in [6.07, 6.45) is 0. The van der Waals surface area contributed by atoms with Crippen molar-refractivity contribution in [3.05, 3.63) is 27.8 Å². The number of methoxy groups -OCH3 is 1. The number of carbonyl (C=O) groups excluding carboxylic acids is 1. The van der Waals surface area contributed by atoms with Gasteiger partial charge in [-0.1, -0.05) is 37.0 Å². The van der Waals surface area contributed by atoms with Crippen molar-refractivity contribution in [2.45, 2.75) is 13.8 Å². The number of hydrogen-bond donors (Lipinski definition) is 0. The van der Waals surface area contributed by atoms with E-state index in [1.54, 1.807) is 0 Å². The highest BCUT2D eigenvalue weighted by molar-refractivity contribution is 6.34. The quantitative estimate of drug-likeness (QED) is 0.569. The van der Waals surface area contributed by atoms with E-state index in [0.717, 1.165) is 13.2 Å². The second-order valence-electron chi connectivity index (χ2n) is 2.09. The number of rotatable bonds is 1. The second kappa shape index (κ2) is 6.58. The molecule has 0 N–H and O–H groups in total. The van der Waals surface area contributed by atoms with E-state index in [-0.39, 0.29) is 15.9 Å². The van der Waals surface area contributed by atoms with E-state index >= 15 is 0 Å². The molecule has 0 saturated carbocycles. The van der Waals surface area contributed by atoms with Gasteiger partial charge in [0.2, 0.25) is 0 Å². The van der Waals surface area contributed by atoms with Crippen LogP contribution in [0.25, 0.3) is 0 Å². The van der Waals surface area contributed by atoms with Crippen LogP contribution >= 0.6 is 23.2 Å². The first-order valence-corrected chi connectivity index (χ1v) is 4.91. The summed E-state index contributed by atoms with van der Waals surface area (Å²) in [5, 5.41) is -0.559. The highest BCUT2D eigenvalue weighted by atomic mass is 35.5. The van der Waals surface area contributed by atoms with Crippen molar-refractivity contribution in [1.82, 2.24) is 4.98 Å². The van der Waals surface area contributed by atoms with Crippen molar-refractivity contribution in [3.63, 3.8) is 0 Å². The molecule has 0 aliphatic carbocycles. The summed E-state index contributed by atoms with van der Waals surface area (Å²) in [7, 11) is 1.16. The van der Waals surface area contributed by atoms with E-state index in [9.17, 15) is 9.18 Å². The van der Waals surface area contributed by atoms with Crippen LogP contribution in [0.1, 0.15) is 24.2 Å². The van der Waals surface area contributed by atoms with Crippen molar-refractivity contribution in [3.8, 4) is 0 Å². The molecule has 84 valence electrons. The van der Waals surface area contributed by atoms with E-state index in [1.165, 1.54) is 0 Å². The zero-order chi connectivity index (χ0) is 12.0. The predicted octanol–water partition coefficient (Wildman–Crippen LogP) is 3.34. The molecule has 0 saturated heterocycles. The van der Waals surface area contributed by atoms with Gasteiger partial charge in [0.05, 0.1) is 12.7 Å². The molecule has 0 fully saturated rings. The number of aromatic nitrogens is 1. The topological polar surface area (TPSA) is 39.2 Å². The normalized spacial score (nSPS) is 8.93. The molecule has 1 aromatic heterocycles. The summed E-state index contributed by atoms with van der Waals surface area (Å²) in [6, 6.07) is 0.878. The Bertz CT molecular complexity index is 358. The van der Waals surface area contributed by atoms with Crippen molar-refractivity contribution in [2.24, 2.45) is 0 Å². The molecular weight excluding hydrogens is 244 g/mol. The molecule has 3 nitrogen and oxygen atoms in total. The predicted molar refractivity (Wildman–Crippen MR) is 56.9 cm³/mol. The van der Waals surface area contributed by atoms with Crippen LogP contribution in [0.4, 0.5) is 4.39 Å². The Morgan fingerprint density at radius 1 is 1.40 bits per heavy atom. The van der Waals surface area contributed by atoms with Crippen molar-refractivity contribution in [2.75, 3.05) is 7.11 Å². The van der Waals surface area contributed by atoms with Crippen LogP contribution < -0.4 is 0 Å². The maximum atomic E-state index is 12.8. The fourth-order valence-corrected chi connectivity index (χ4v) is 1.10. The van der Waals surface area contributed by atoms with Crippen LogP contribution in [0.15, 0.2) is 6.07 Å². The monoisotopic (exact) mass is 253 g/mol. The summed E-state index contributed by atoms with van der Waals surface area (Å²) in [5.41, 5.74) is -0.147. The summed E-state index contributed by atoms with van der Waals surface area (Å²) in [6.45, 7) is 4.00. The zero-order valence-corrected chi connectivity index (χ0v) is 9.99.